The van der Waals surface area contributed by atoms with Crippen LogP contribution in [0, 0.1) is 11.3 Å². The zero-order chi connectivity index (χ0) is 18.6. The normalized spacial score (nSPS) is 15.2. The van der Waals surface area contributed by atoms with E-state index in [1.54, 1.807) is 17.5 Å². The molecule has 1 aliphatic carbocycles. The Bertz CT molecular complexity index is 851. The minimum atomic E-state index is -0.828. The lowest BCUT2D eigenvalue weighted by atomic mass is 10.00. The number of esters is 1. The van der Waals surface area contributed by atoms with E-state index in [2.05, 4.69) is 16.4 Å². The molecule has 134 valence electrons. The average Bonchev–Trinajstić information content (AvgIpc) is 3.30. The van der Waals surface area contributed by atoms with Crippen LogP contribution in [0.4, 0.5) is 0 Å². The zero-order valence-corrected chi connectivity index (χ0v) is 15.4. The monoisotopic (exact) mass is 389 g/mol. The van der Waals surface area contributed by atoms with E-state index in [0.29, 0.717) is 22.9 Å². The first-order valence-corrected chi connectivity index (χ1v) is 9.38. The molecule has 0 radical (unpaired) electrons. The summed E-state index contributed by atoms with van der Waals surface area (Å²) >= 11 is 7.16. The number of aromatic nitrogens is 1. The van der Waals surface area contributed by atoms with E-state index in [1.807, 2.05) is 12.1 Å². The number of carbonyl (C=O) groups is 2. The van der Waals surface area contributed by atoms with Crippen molar-refractivity contribution in [3.8, 4) is 16.6 Å². The average molecular weight is 390 g/mol. The maximum atomic E-state index is 12.1. The van der Waals surface area contributed by atoms with Gasteiger partial charge in [-0.05, 0) is 37.8 Å². The predicted molar refractivity (Wildman–Crippen MR) is 97.8 cm³/mol. The number of nitrogens with zero attached hydrogens (tertiary/aromatic N) is 2. The topological polar surface area (TPSA) is 92.1 Å². The molecule has 0 unspecified atom stereocenters. The smallest absolute Gasteiger partial charge is 0.358 e. The van der Waals surface area contributed by atoms with E-state index in [1.165, 1.54) is 11.3 Å². The van der Waals surface area contributed by atoms with Crippen molar-refractivity contribution in [1.29, 1.82) is 5.26 Å². The molecular weight excluding hydrogens is 374 g/mol. The summed E-state index contributed by atoms with van der Waals surface area (Å²) in [7, 11) is 0. The molecule has 1 N–H and O–H groups in total. The third-order valence-corrected chi connectivity index (χ3v) is 5.33. The highest BCUT2D eigenvalue weighted by atomic mass is 35.5. The highest BCUT2D eigenvalue weighted by Gasteiger charge is 2.35. The van der Waals surface area contributed by atoms with Crippen LogP contribution in [0.5, 0.6) is 0 Å². The Morgan fingerprint density at radius 2 is 2.00 bits per heavy atom. The lowest BCUT2D eigenvalue weighted by Gasteiger charge is -2.21. The molecule has 1 fully saturated rings. The van der Waals surface area contributed by atoms with Crippen molar-refractivity contribution in [2.45, 2.75) is 31.2 Å². The molecule has 1 aliphatic rings. The Labute approximate surface area is 159 Å². The molecule has 8 heteroatoms. The largest absolute Gasteiger partial charge is 0.451 e. The van der Waals surface area contributed by atoms with Gasteiger partial charge in [-0.2, -0.15) is 5.26 Å². The second-order valence-corrected chi connectivity index (χ2v) is 7.36. The Kier molecular flexibility index (Phi) is 5.55. The summed E-state index contributed by atoms with van der Waals surface area (Å²) in [5.41, 5.74) is 0.156. The molecule has 0 bridgehead atoms. The number of carbonyl (C=O) groups excluding carboxylic acids is 2. The first-order valence-electron chi connectivity index (χ1n) is 8.12. The van der Waals surface area contributed by atoms with Crippen LogP contribution in [0.25, 0.3) is 10.6 Å². The molecule has 0 saturated heterocycles. The Morgan fingerprint density at radius 3 is 2.65 bits per heavy atom. The summed E-state index contributed by atoms with van der Waals surface area (Å²) in [5.74, 6) is -1.15. The van der Waals surface area contributed by atoms with E-state index in [-0.39, 0.29) is 5.69 Å². The van der Waals surface area contributed by atoms with Crippen LogP contribution < -0.4 is 5.32 Å². The molecule has 0 atom stereocenters. The molecule has 1 aromatic heterocycles. The van der Waals surface area contributed by atoms with Crippen LogP contribution >= 0.6 is 22.9 Å². The van der Waals surface area contributed by atoms with E-state index < -0.39 is 24.0 Å². The van der Waals surface area contributed by atoms with Gasteiger partial charge >= 0.3 is 5.97 Å². The fourth-order valence-electron chi connectivity index (χ4n) is 2.84. The minimum Gasteiger partial charge on any atom is -0.451 e. The van der Waals surface area contributed by atoms with E-state index in [0.717, 1.165) is 18.4 Å². The van der Waals surface area contributed by atoms with Crippen molar-refractivity contribution >= 4 is 34.8 Å². The molecule has 6 nitrogen and oxygen atoms in total. The number of thiazole rings is 1. The molecule has 1 amide bonds. The number of benzene rings is 1. The van der Waals surface area contributed by atoms with Crippen molar-refractivity contribution in [3.63, 3.8) is 0 Å². The zero-order valence-electron chi connectivity index (χ0n) is 13.8. The number of hydrogen-bond donors (Lipinski definition) is 1. The second kappa shape index (κ2) is 7.85. The summed E-state index contributed by atoms with van der Waals surface area (Å²) in [4.78, 5) is 28.3. The van der Waals surface area contributed by atoms with Crippen LogP contribution in [0.2, 0.25) is 5.02 Å². The van der Waals surface area contributed by atoms with Gasteiger partial charge in [-0.25, -0.2) is 9.78 Å². The van der Waals surface area contributed by atoms with E-state index in [4.69, 9.17) is 16.3 Å². The van der Waals surface area contributed by atoms with E-state index in [9.17, 15) is 14.9 Å². The predicted octanol–water partition coefficient (Wildman–Crippen LogP) is 3.57. The van der Waals surface area contributed by atoms with Crippen molar-refractivity contribution in [3.05, 3.63) is 40.4 Å². The van der Waals surface area contributed by atoms with Gasteiger partial charge in [0.1, 0.15) is 10.5 Å². The molecule has 0 spiro atoms. The number of nitriles is 1. The molecular formula is C18H16ClN3O3S. The summed E-state index contributed by atoms with van der Waals surface area (Å²) in [6, 6.07) is 9.27. The molecule has 3 rings (SSSR count). The van der Waals surface area contributed by atoms with E-state index >= 15 is 0 Å². The van der Waals surface area contributed by atoms with Crippen molar-refractivity contribution in [2.75, 3.05) is 6.61 Å². The van der Waals surface area contributed by atoms with Crippen LogP contribution in [0.3, 0.4) is 0 Å². The quantitative estimate of drug-likeness (QED) is 0.789. The van der Waals surface area contributed by atoms with Crippen LogP contribution in [0.15, 0.2) is 29.6 Å². The summed E-state index contributed by atoms with van der Waals surface area (Å²) in [6.45, 7) is -0.434. The third kappa shape index (κ3) is 4.21. The van der Waals surface area contributed by atoms with Gasteiger partial charge in [0.15, 0.2) is 12.3 Å². The van der Waals surface area contributed by atoms with Crippen molar-refractivity contribution < 1.29 is 14.3 Å². The van der Waals surface area contributed by atoms with Crippen LogP contribution in [-0.2, 0) is 9.53 Å². The Balaban J connectivity index is 1.56. The summed E-state index contributed by atoms with van der Waals surface area (Å²) in [6.07, 6.45) is 3.05. The first-order chi connectivity index (χ1) is 12.5. The van der Waals surface area contributed by atoms with Crippen molar-refractivity contribution in [2.24, 2.45) is 0 Å². The van der Waals surface area contributed by atoms with Gasteiger partial charge in [-0.3, -0.25) is 4.79 Å². The molecule has 2 aromatic rings. The standard InChI is InChI=1S/C18H16ClN3O3S/c19-13-5-3-12(4-6-13)16-21-14(10-26-16)17(24)25-9-15(23)22-18(11-20)7-1-2-8-18/h3-6,10H,1-2,7-9H2,(H,22,23). The Morgan fingerprint density at radius 1 is 1.31 bits per heavy atom. The van der Waals surface area contributed by atoms with Gasteiger partial charge in [0.25, 0.3) is 5.91 Å². The van der Waals surface area contributed by atoms with Crippen molar-refractivity contribution in [1.82, 2.24) is 10.3 Å². The molecule has 26 heavy (non-hydrogen) atoms. The summed E-state index contributed by atoms with van der Waals surface area (Å²) in [5, 5.41) is 14.8. The number of nitrogens with one attached hydrogen (secondary N) is 1. The number of hydrogen-bond acceptors (Lipinski definition) is 6. The number of rotatable bonds is 5. The maximum Gasteiger partial charge on any atom is 0.358 e. The number of halogens is 1. The van der Waals surface area contributed by atoms with Gasteiger partial charge in [-0.1, -0.05) is 23.7 Å². The molecule has 1 saturated carbocycles. The van der Waals surface area contributed by atoms with Gasteiger partial charge < -0.3 is 10.1 Å². The van der Waals surface area contributed by atoms with Gasteiger partial charge in [0, 0.05) is 16.0 Å². The highest BCUT2D eigenvalue weighted by Crippen LogP contribution is 2.29. The summed E-state index contributed by atoms with van der Waals surface area (Å²) < 4.78 is 5.02. The first kappa shape index (κ1) is 18.4. The third-order valence-electron chi connectivity index (χ3n) is 4.19. The van der Waals surface area contributed by atoms with Gasteiger partial charge in [-0.15, -0.1) is 11.3 Å². The van der Waals surface area contributed by atoms with Gasteiger partial charge in [0.2, 0.25) is 0 Å². The maximum absolute atomic E-state index is 12.1. The lowest BCUT2D eigenvalue weighted by molar-refractivity contribution is -0.125. The molecule has 1 heterocycles. The number of amides is 1. The molecule has 0 aliphatic heterocycles. The van der Waals surface area contributed by atoms with Crippen LogP contribution in [-0.4, -0.2) is 29.0 Å². The fraction of sp³-hybridized carbons (Fsp3) is 0.333. The number of ether oxygens (including phenoxy) is 1. The Hall–Kier alpha value is -2.43. The second-order valence-electron chi connectivity index (χ2n) is 6.07. The lowest BCUT2D eigenvalue weighted by Crippen LogP contribution is -2.46. The minimum absolute atomic E-state index is 0.142. The fourth-order valence-corrected chi connectivity index (χ4v) is 3.77. The molecule has 1 aromatic carbocycles. The van der Waals surface area contributed by atoms with Gasteiger partial charge in [0.05, 0.1) is 6.07 Å². The van der Waals surface area contributed by atoms with Crippen LogP contribution in [0.1, 0.15) is 36.2 Å². The SMILES string of the molecule is N#CC1(NC(=O)COC(=O)c2csc(-c3ccc(Cl)cc3)n2)CCCC1. The highest BCUT2D eigenvalue weighted by molar-refractivity contribution is 7.13.